The molecule has 1 atom stereocenters. The summed E-state index contributed by atoms with van der Waals surface area (Å²) in [5, 5.41) is 4.35. The predicted molar refractivity (Wildman–Crippen MR) is 84.5 cm³/mol. The van der Waals surface area contributed by atoms with Gasteiger partial charge in [0.15, 0.2) is 0 Å². The van der Waals surface area contributed by atoms with Crippen molar-refractivity contribution < 1.29 is 4.74 Å². The maximum absolute atomic E-state index is 6.18. The fourth-order valence-corrected chi connectivity index (χ4v) is 2.31. The van der Waals surface area contributed by atoms with Crippen molar-refractivity contribution in [3.63, 3.8) is 0 Å². The Kier molecular flexibility index (Phi) is 5.45. The van der Waals surface area contributed by atoms with Crippen LogP contribution in [-0.2, 0) is 13.0 Å². The molecule has 0 bridgehead atoms. The van der Waals surface area contributed by atoms with Crippen molar-refractivity contribution in [1.82, 2.24) is 5.32 Å². The smallest absolute Gasteiger partial charge is 0.118 e. The minimum absolute atomic E-state index is 0.372. The molecule has 2 rings (SSSR count). The summed E-state index contributed by atoms with van der Waals surface area (Å²) in [6, 6.07) is 16.5. The van der Waals surface area contributed by atoms with Crippen LogP contribution < -0.4 is 10.1 Å². The van der Waals surface area contributed by atoms with E-state index in [1.54, 1.807) is 7.11 Å². The van der Waals surface area contributed by atoms with E-state index in [1.165, 1.54) is 11.1 Å². The summed E-state index contributed by atoms with van der Waals surface area (Å²) in [4.78, 5) is 0. The Hall–Kier alpha value is -1.51. The molecule has 0 amide bonds. The lowest BCUT2D eigenvalue weighted by atomic mass is 10.1. The van der Waals surface area contributed by atoms with Crippen molar-refractivity contribution in [3.05, 3.63) is 64.7 Å². The van der Waals surface area contributed by atoms with E-state index in [1.807, 2.05) is 30.3 Å². The van der Waals surface area contributed by atoms with Gasteiger partial charge < -0.3 is 10.1 Å². The quantitative estimate of drug-likeness (QED) is 0.865. The summed E-state index contributed by atoms with van der Waals surface area (Å²) in [6.07, 6.45) is 0.926. The molecule has 0 aromatic heterocycles. The Balaban J connectivity index is 1.85. The van der Waals surface area contributed by atoms with Gasteiger partial charge in [0.1, 0.15) is 5.75 Å². The lowest BCUT2D eigenvalue weighted by molar-refractivity contribution is 0.414. The van der Waals surface area contributed by atoms with Crippen molar-refractivity contribution in [3.8, 4) is 5.75 Å². The van der Waals surface area contributed by atoms with Crippen LogP contribution in [0.1, 0.15) is 18.1 Å². The molecule has 0 heterocycles. The zero-order valence-electron chi connectivity index (χ0n) is 11.9. The molecule has 0 aliphatic carbocycles. The first kappa shape index (κ1) is 14.9. The van der Waals surface area contributed by atoms with Crippen LogP contribution in [0.25, 0.3) is 0 Å². The van der Waals surface area contributed by atoms with E-state index in [-0.39, 0.29) is 0 Å². The maximum atomic E-state index is 6.18. The van der Waals surface area contributed by atoms with Gasteiger partial charge in [0.2, 0.25) is 0 Å². The largest absolute Gasteiger partial charge is 0.497 e. The molecule has 106 valence electrons. The average molecular weight is 290 g/mol. The molecule has 0 fully saturated rings. The van der Waals surface area contributed by atoms with E-state index >= 15 is 0 Å². The van der Waals surface area contributed by atoms with Gasteiger partial charge in [-0.3, -0.25) is 0 Å². The summed E-state index contributed by atoms with van der Waals surface area (Å²) >= 11 is 6.18. The van der Waals surface area contributed by atoms with Crippen LogP contribution in [-0.4, -0.2) is 13.2 Å². The van der Waals surface area contributed by atoms with Crippen molar-refractivity contribution in [2.75, 3.05) is 7.11 Å². The minimum atomic E-state index is 0.372. The molecule has 0 saturated heterocycles. The summed E-state index contributed by atoms with van der Waals surface area (Å²) in [7, 11) is 1.68. The topological polar surface area (TPSA) is 21.3 Å². The van der Waals surface area contributed by atoms with Gasteiger partial charge in [0.25, 0.3) is 0 Å². The average Bonchev–Trinajstić information content (AvgIpc) is 2.48. The van der Waals surface area contributed by atoms with E-state index in [2.05, 4.69) is 30.4 Å². The standard InChI is InChI=1S/C17H20ClNO/c1-13(11-15-5-3-4-6-17(15)18)19-12-14-7-9-16(20-2)10-8-14/h3-10,13,19H,11-12H2,1-2H3. The first-order valence-electron chi connectivity index (χ1n) is 6.79. The third kappa shape index (κ3) is 4.26. The molecular formula is C17H20ClNO. The summed E-state index contributed by atoms with van der Waals surface area (Å²) < 4.78 is 5.15. The molecule has 1 N–H and O–H groups in total. The molecular weight excluding hydrogens is 270 g/mol. The number of hydrogen-bond donors (Lipinski definition) is 1. The van der Waals surface area contributed by atoms with E-state index in [9.17, 15) is 0 Å². The van der Waals surface area contributed by atoms with Gasteiger partial charge in [-0.25, -0.2) is 0 Å². The lowest BCUT2D eigenvalue weighted by Gasteiger charge is -2.15. The van der Waals surface area contributed by atoms with Crippen LogP contribution in [0.4, 0.5) is 0 Å². The molecule has 2 aromatic carbocycles. The second kappa shape index (κ2) is 7.32. The third-order valence-electron chi connectivity index (χ3n) is 3.30. The van der Waals surface area contributed by atoms with E-state index in [0.29, 0.717) is 6.04 Å². The minimum Gasteiger partial charge on any atom is -0.497 e. The number of ether oxygens (including phenoxy) is 1. The van der Waals surface area contributed by atoms with Gasteiger partial charge in [-0.15, -0.1) is 0 Å². The summed E-state index contributed by atoms with van der Waals surface area (Å²) in [5.74, 6) is 0.887. The number of rotatable bonds is 6. The van der Waals surface area contributed by atoms with Gasteiger partial charge in [0.05, 0.1) is 7.11 Å². The molecule has 1 unspecified atom stereocenters. The van der Waals surface area contributed by atoms with Crippen molar-refractivity contribution >= 4 is 11.6 Å². The van der Waals surface area contributed by atoms with Gasteiger partial charge in [-0.2, -0.15) is 0 Å². The Bertz CT molecular complexity index is 539. The Morgan fingerprint density at radius 3 is 2.45 bits per heavy atom. The normalized spacial score (nSPS) is 12.2. The molecule has 0 saturated carbocycles. The molecule has 0 radical (unpaired) electrons. The molecule has 0 spiro atoms. The fourth-order valence-electron chi connectivity index (χ4n) is 2.10. The molecule has 0 aliphatic rings. The number of hydrogen-bond acceptors (Lipinski definition) is 2. The summed E-state index contributed by atoms with van der Waals surface area (Å²) in [6.45, 7) is 3.02. The molecule has 0 aliphatic heterocycles. The highest BCUT2D eigenvalue weighted by atomic mass is 35.5. The zero-order chi connectivity index (χ0) is 14.4. The highest BCUT2D eigenvalue weighted by Gasteiger charge is 2.06. The Morgan fingerprint density at radius 2 is 1.80 bits per heavy atom. The number of nitrogens with one attached hydrogen (secondary N) is 1. The van der Waals surface area contributed by atoms with Gasteiger partial charge in [0, 0.05) is 17.6 Å². The van der Waals surface area contributed by atoms with E-state index < -0.39 is 0 Å². The number of methoxy groups -OCH3 is 1. The molecule has 2 nitrogen and oxygen atoms in total. The molecule has 20 heavy (non-hydrogen) atoms. The van der Waals surface area contributed by atoms with Crippen LogP contribution in [0.5, 0.6) is 5.75 Å². The SMILES string of the molecule is COc1ccc(CNC(C)Cc2ccccc2Cl)cc1. The Labute approximate surface area is 125 Å². The van der Waals surface area contributed by atoms with Crippen molar-refractivity contribution in [2.24, 2.45) is 0 Å². The lowest BCUT2D eigenvalue weighted by Crippen LogP contribution is -2.27. The monoisotopic (exact) mass is 289 g/mol. The fraction of sp³-hybridized carbons (Fsp3) is 0.294. The van der Waals surface area contributed by atoms with E-state index in [4.69, 9.17) is 16.3 Å². The van der Waals surface area contributed by atoms with Crippen LogP contribution in [0.2, 0.25) is 5.02 Å². The van der Waals surface area contributed by atoms with Crippen molar-refractivity contribution in [2.45, 2.75) is 25.9 Å². The third-order valence-corrected chi connectivity index (χ3v) is 3.67. The highest BCUT2D eigenvalue weighted by Crippen LogP contribution is 2.17. The highest BCUT2D eigenvalue weighted by molar-refractivity contribution is 6.31. The second-order valence-electron chi connectivity index (χ2n) is 4.93. The van der Waals surface area contributed by atoms with E-state index in [0.717, 1.165) is 23.7 Å². The Morgan fingerprint density at radius 1 is 1.10 bits per heavy atom. The maximum Gasteiger partial charge on any atom is 0.118 e. The van der Waals surface area contributed by atoms with Crippen LogP contribution >= 0.6 is 11.6 Å². The second-order valence-corrected chi connectivity index (χ2v) is 5.33. The van der Waals surface area contributed by atoms with Crippen LogP contribution in [0.3, 0.4) is 0 Å². The molecule has 2 aromatic rings. The van der Waals surface area contributed by atoms with Gasteiger partial charge >= 0.3 is 0 Å². The van der Waals surface area contributed by atoms with Gasteiger partial charge in [-0.1, -0.05) is 41.9 Å². The first-order valence-corrected chi connectivity index (χ1v) is 7.16. The number of halogens is 1. The predicted octanol–water partition coefficient (Wildman–Crippen LogP) is 4.07. The number of benzene rings is 2. The summed E-state index contributed by atoms with van der Waals surface area (Å²) in [5.41, 5.74) is 2.43. The van der Waals surface area contributed by atoms with Crippen LogP contribution in [0, 0.1) is 0 Å². The van der Waals surface area contributed by atoms with Crippen molar-refractivity contribution in [1.29, 1.82) is 0 Å². The van der Waals surface area contributed by atoms with Gasteiger partial charge in [-0.05, 0) is 42.7 Å². The van der Waals surface area contributed by atoms with Crippen LogP contribution in [0.15, 0.2) is 48.5 Å². The molecule has 3 heteroatoms. The first-order chi connectivity index (χ1) is 9.69. The zero-order valence-corrected chi connectivity index (χ0v) is 12.7.